The van der Waals surface area contributed by atoms with Crippen LogP contribution in [0.15, 0.2) is 34.9 Å². The summed E-state index contributed by atoms with van der Waals surface area (Å²) in [5, 5.41) is 18.9. The number of carbonyl (C=O) groups is 1. The number of amides is 1. The summed E-state index contributed by atoms with van der Waals surface area (Å²) in [4.78, 5) is 12.4. The van der Waals surface area contributed by atoms with Crippen LogP contribution in [0.25, 0.3) is 6.08 Å². The first-order valence-electron chi connectivity index (χ1n) is 7.29. The standard InChI is InChI=1S/C17H16N4O2/c1-10-7-16(21-23-10)11(2)19-17(22)15-6-4-13-8-12(9-18)3-5-14(13)20-15/h3-8,11,15,20H,1-2H3,(H,19,22). The predicted octanol–water partition coefficient (Wildman–Crippen LogP) is 2.54. The molecule has 0 radical (unpaired) electrons. The maximum Gasteiger partial charge on any atom is 0.247 e. The van der Waals surface area contributed by atoms with Crippen molar-refractivity contribution in [1.82, 2.24) is 10.5 Å². The Balaban J connectivity index is 1.69. The van der Waals surface area contributed by atoms with Gasteiger partial charge in [-0.15, -0.1) is 0 Å². The molecule has 6 nitrogen and oxygen atoms in total. The third-order valence-electron chi connectivity index (χ3n) is 3.69. The molecule has 0 saturated carbocycles. The summed E-state index contributed by atoms with van der Waals surface area (Å²) in [6.45, 7) is 3.66. The fourth-order valence-electron chi connectivity index (χ4n) is 2.44. The Morgan fingerprint density at radius 2 is 2.30 bits per heavy atom. The van der Waals surface area contributed by atoms with Gasteiger partial charge in [0.25, 0.3) is 0 Å². The summed E-state index contributed by atoms with van der Waals surface area (Å²) in [6, 6.07) is 8.51. The number of hydrogen-bond acceptors (Lipinski definition) is 5. The van der Waals surface area contributed by atoms with E-state index in [1.165, 1.54) is 0 Å². The van der Waals surface area contributed by atoms with E-state index in [4.69, 9.17) is 9.78 Å². The highest BCUT2D eigenvalue weighted by Gasteiger charge is 2.22. The normalized spacial score (nSPS) is 16.8. The van der Waals surface area contributed by atoms with E-state index in [1.807, 2.05) is 26.0 Å². The summed E-state index contributed by atoms with van der Waals surface area (Å²) < 4.78 is 5.02. The highest BCUT2D eigenvalue weighted by molar-refractivity contribution is 5.91. The molecular formula is C17H16N4O2. The lowest BCUT2D eigenvalue weighted by Crippen LogP contribution is -2.40. The second-order valence-electron chi connectivity index (χ2n) is 5.49. The van der Waals surface area contributed by atoms with Gasteiger partial charge in [-0.3, -0.25) is 4.79 Å². The van der Waals surface area contributed by atoms with Gasteiger partial charge in [-0.25, -0.2) is 0 Å². The van der Waals surface area contributed by atoms with Crippen LogP contribution in [0.5, 0.6) is 0 Å². The number of nitriles is 1. The van der Waals surface area contributed by atoms with Crippen LogP contribution < -0.4 is 10.6 Å². The molecule has 2 N–H and O–H groups in total. The summed E-state index contributed by atoms with van der Waals surface area (Å²) in [5.41, 5.74) is 3.01. The van der Waals surface area contributed by atoms with E-state index < -0.39 is 6.04 Å². The van der Waals surface area contributed by atoms with E-state index >= 15 is 0 Å². The van der Waals surface area contributed by atoms with E-state index in [-0.39, 0.29) is 11.9 Å². The first-order valence-corrected chi connectivity index (χ1v) is 7.29. The van der Waals surface area contributed by atoms with Crippen LogP contribution in [0.3, 0.4) is 0 Å². The van der Waals surface area contributed by atoms with Gasteiger partial charge in [-0.2, -0.15) is 5.26 Å². The smallest absolute Gasteiger partial charge is 0.247 e. The molecule has 1 aliphatic heterocycles. The van der Waals surface area contributed by atoms with E-state index in [0.29, 0.717) is 17.0 Å². The predicted molar refractivity (Wildman–Crippen MR) is 85.4 cm³/mol. The third-order valence-corrected chi connectivity index (χ3v) is 3.69. The first kappa shape index (κ1) is 14.9. The van der Waals surface area contributed by atoms with Gasteiger partial charge >= 0.3 is 0 Å². The van der Waals surface area contributed by atoms with E-state index in [9.17, 15) is 4.79 Å². The molecule has 1 aromatic heterocycles. The molecule has 2 heterocycles. The van der Waals surface area contributed by atoms with Crippen LogP contribution in [0, 0.1) is 18.3 Å². The quantitative estimate of drug-likeness (QED) is 0.909. The van der Waals surface area contributed by atoms with Crippen molar-refractivity contribution in [3.8, 4) is 6.07 Å². The van der Waals surface area contributed by atoms with Gasteiger partial charge in [-0.05, 0) is 37.6 Å². The van der Waals surface area contributed by atoms with Crippen molar-refractivity contribution >= 4 is 17.7 Å². The SMILES string of the molecule is Cc1cc(C(C)NC(=O)C2C=Cc3cc(C#N)ccc3N2)no1. The molecule has 0 fully saturated rings. The third kappa shape index (κ3) is 3.09. The molecule has 0 bridgehead atoms. The zero-order valence-electron chi connectivity index (χ0n) is 12.8. The number of aromatic nitrogens is 1. The van der Waals surface area contributed by atoms with Gasteiger partial charge in [0.05, 0.1) is 17.7 Å². The minimum atomic E-state index is -0.467. The van der Waals surface area contributed by atoms with Crippen molar-refractivity contribution in [2.24, 2.45) is 0 Å². The highest BCUT2D eigenvalue weighted by atomic mass is 16.5. The Morgan fingerprint density at radius 1 is 1.48 bits per heavy atom. The van der Waals surface area contributed by atoms with Crippen molar-refractivity contribution in [1.29, 1.82) is 5.26 Å². The lowest BCUT2D eigenvalue weighted by Gasteiger charge is -2.23. The lowest BCUT2D eigenvalue weighted by atomic mass is 10.0. The molecule has 0 aliphatic carbocycles. The average molecular weight is 308 g/mol. The lowest BCUT2D eigenvalue weighted by molar-refractivity contribution is -0.121. The number of carbonyl (C=O) groups excluding carboxylic acids is 1. The van der Waals surface area contributed by atoms with Crippen LogP contribution >= 0.6 is 0 Å². The molecule has 23 heavy (non-hydrogen) atoms. The maximum absolute atomic E-state index is 12.4. The average Bonchev–Trinajstić information content (AvgIpc) is 3.00. The summed E-state index contributed by atoms with van der Waals surface area (Å²) in [5.74, 6) is 0.559. The van der Waals surface area contributed by atoms with E-state index in [1.54, 1.807) is 24.3 Å². The topological polar surface area (TPSA) is 91.0 Å². The molecule has 1 aromatic carbocycles. The first-order chi connectivity index (χ1) is 11.1. The molecular weight excluding hydrogens is 292 g/mol. The second kappa shape index (κ2) is 5.97. The largest absolute Gasteiger partial charge is 0.370 e. The fraction of sp³-hybridized carbons (Fsp3) is 0.235. The summed E-state index contributed by atoms with van der Waals surface area (Å²) in [6.07, 6.45) is 3.63. The Bertz CT molecular complexity index is 816. The summed E-state index contributed by atoms with van der Waals surface area (Å²) >= 11 is 0. The van der Waals surface area contributed by atoms with Crippen LogP contribution in [-0.2, 0) is 4.79 Å². The number of rotatable bonds is 3. The van der Waals surface area contributed by atoms with Gasteiger partial charge in [0.15, 0.2) is 0 Å². The minimum absolute atomic E-state index is 0.149. The highest BCUT2D eigenvalue weighted by Crippen LogP contribution is 2.24. The van der Waals surface area contributed by atoms with Gasteiger partial charge in [0.1, 0.15) is 17.5 Å². The van der Waals surface area contributed by atoms with E-state index in [2.05, 4.69) is 21.9 Å². The molecule has 2 unspecified atom stereocenters. The molecule has 2 atom stereocenters. The van der Waals surface area contributed by atoms with Gasteiger partial charge < -0.3 is 15.2 Å². The van der Waals surface area contributed by atoms with Crippen molar-refractivity contribution in [3.63, 3.8) is 0 Å². The van der Waals surface area contributed by atoms with Gasteiger partial charge in [0.2, 0.25) is 5.91 Å². The number of fused-ring (bicyclic) bond motifs is 1. The minimum Gasteiger partial charge on any atom is -0.370 e. The van der Waals surface area contributed by atoms with Crippen molar-refractivity contribution in [3.05, 3.63) is 52.9 Å². The Labute approximate surface area is 133 Å². The van der Waals surface area contributed by atoms with Crippen molar-refractivity contribution < 1.29 is 9.32 Å². The van der Waals surface area contributed by atoms with Crippen molar-refractivity contribution in [2.75, 3.05) is 5.32 Å². The monoisotopic (exact) mass is 308 g/mol. The van der Waals surface area contributed by atoms with Gasteiger partial charge in [-0.1, -0.05) is 17.3 Å². The Morgan fingerprint density at radius 3 is 3.00 bits per heavy atom. The van der Waals surface area contributed by atoms with Crippen LogP contribution in [-0.4, -0.2) is 17.1 Å². The Kier molecular flexibility index (Phi) is 3.85. The Hall–Kier alpha value is -3.07. The molecule has 1 aliphatic rings. The van der Waals surface area contributed by atoms with Crippen molar-refractivity contribution in [2.45, 2.75) is 25.9 Å². The number of aryl methyl sites for hydroxylation is 1. The van der Waals surface area contributed by atoms with Crippen LogP contribution in [0.1, 0.15) is 35.5 Å². The second-order valence-corrected chi connectivity index (χ2v) is 5.49. The molecule has 0 saturated heterocycles. The molecule has 0 spiro atoms. The zero-order chi connectivity index (χ0) is 16.4. The molecule has 2 aromatic rings. The van der Waals surface area contributed by atoms with E-state index in [0.717, 1.165) is 11.3 Å². The summed E-state index contributed by atoms with van der Waals surface area (Å²) in [7, 11) is 0. The van der Waals surface area contributed by atoms with Crippen LogP contribution in [0.2, 0.25) is 0 Å². The number of nitrogens with zero attached hydrogens (tertiary/aromatic N) is 2. The molecule has 1 amide bonds. The zero-order valence-corrected chi connectivity index (χ0v) is 12.8. The van der Waals surface area contributed by atoms with Gasteiger partial charge in [0, 0.05) is 11.8 Å². The maximum atomic E-state index is 12.4. The van der Waals surface area contributed by atoms with Crippen LogP contribution in [0.4, 0.5) is 5.69 Å². The molecule has 116 valence electrons. The molecule has 3 rings (SSSR count). The number of benzene rings is 1. The number of anilines is 1. The number of nitrogens with one attached hydrogen (secondary N) is 2. The number of hydrogen-bond donors (Lipinski definition) is 2. The molecule has 6 heteroatoms. The fourth-order valence-corrected chi connectivity index (χ4v) is 2.44.